The van der Waals surface area contributed by atoms with Gasteiger partial charge >= 0.3 is 0 Å². The van der Waals surface area contributed by atoms with Crippen molar-refractivity contribution >= 4 is 11.9 Å². The highest BCUT2D eigenvalue weighted by atomic mass is 16.5. The Hall–Kier alpha value is -2.71. The van der Waals surface area contributed by atoms with Crippen LogP contribution in [-0.4, -0.2) is 66.7 Å². The Balaban J connectivity index is 1.33. The third kappa shape index (κ3) is 4.42. The number of aryl methyl sites for hydroxylation is 1. The number of hydrogen-bond donors (Lipinski definition) is 2. The van der Waals surface area contributed by atoms with E-state index in [0.29, 0.717) is 17.2 Å². The minimum Gasteiger partial charge on any atom is -0.496 e. The molecule has 3 unspecified atom stereocenters. The second-order valence-electron chi connectivity index (χ2n) is 9.44. The lowest BCUT2D eigenvalue weighted by Gasteiger charge is -2.37. The van der Waals surface area contributed by atoms with Crippen molar-refractivity contribution in [3.63, 3.8) is 0 Å². The van der Waals surface area contributed by atoms with E-state index in [1.807, 2.05) is 36.2 Å². The smallest absolute Gasteiger partial charge is 0.257 e. The summed E-state index contributed by atoms with van der Waals surface area (Å²) < 4.78 is 5.55. The Bertz CT molecular complexity index is 993. The maximum absolute atomic E-state index is 13.4. The van der Waals surface area contributed by atoms with Crippen LogP contribution in [0, 0.1) is 12.8 Å². The summed E-state index contributed by atoms with van der Waals surface area (Å²) in [5.74, 6) is 2.19. The highest BCUT2D eigenvalue weighted by molar-refractivity contribution is 5.97. The Labute approximate surface area is 195 Å². The third-order valence-electron chi connectivity index (χ3n) is 7.36. The van der Waals surface area contributed by atoms with Gasteiger partial charge in [0.05, 0.1) is 18.4 Å². The van der Waals surface area contributed by atoms with Crippen molar-refractivity contribution in [3.8, 4) is 5.75 Å². The van der Waals surface area contributed by atoms with E-state index >= 15 is 0 Å². The molecule has 176 valence electrons. The van der Waals surface area contributed by atoms with Gasteiger partial charge in [-0.1, -0.05) is 12.1 Å². The fourth-order valence-electron chi connectivity index (χ4n) is 5.64. The number of aromatic nitrogens is 2. The van der Waals surface area contributed by atoms with E-state index in [4.69, 9.17) is 9.72 Å². The average molecular weight is 451 g/mol. The molecule has 8 heteroatoms. The minimum atomic E-state index is 0.0566. The van der Waals surface area contributed by atoms with Crippen molar-refractivity contribution in [2.24, 2.45) is 5.92 Å². The molecule has 1 amide bonds. The number of methoxy groups -OCH3 is 1. The molecule has 3 atom stereocenters. The molecule has 33 heavy (non-hydrogen) atoms. The number of para-hydroxylation sites is 1. The van der Waals surface area contributed by atoms with Gasteiger partial charge in [-0.25, -0.2) is 9.97 Å². The number of carbonyl (C=O) groups is 1. The van der Waals surface area contributed by atoms with Gasteiger partial charge in [-0.05, 0) is 56.2 Å². The fourth-order valence-corrected chi connectivity index (χ4v) is 5.64. The Morgan fingerprint density at radius 2 is 2.00 bits per heavy atom. The van der Waals surface area contributed by atoms with E-state index in [0.717, 1.165) is 62.8 Å². The molecule has 1 aromatic heterocycles. The number of nitrogens with zero attached hydrogens (tertiary/aromatic N) is 4. The zero-order valence-corrected chi connectivity index (χ0v) is 19.6. The van der Waals surface area contributed by atoms with Crippen molar-refractivity contribution in [1.82, 2.24) is 25.7 Å². The zero-order chi connectivity index (χ0) is 22.8. The maximum atomic E-state index is 13.4. The van der Waals surface area contributed by atoms with Crippen LogP contribution in [0.2, 0.25) is 0 Å². The number of likely N-dealkylation sites (tertiary alicyclic amines) is 1. The molecule has 5 rings (SSSR count). The molecule has 8 nitrogen and oxygen atoms in total. The molecule has 3 aliphatic rings. The van der Waals surface area contributed by atoms with Gasteiger partial charge in [0.15, 0.2) is 0 Å². The lowest BCUT2D eigenvalue weighted by atomic mass is 9.82. The quantitative estimate of drug-likeness (QED) is 0.724. The van der Waals surface area contributed by atoms with Gasteiger partial charge in [-0.3, -0.25) is 15.6 Å². The maximum Gasteiger partial charge on any atom is 0.257 e. The predicted molar refractivity (Wildman–Crippen MR) is 128 cm³/mol. The summed E-state index contributed by atoms with van der Waals surface area (Å²) >= 11 is 0. The van der Waals surface area contributed by atoms with E-state index in [1.165, 1.54) is 12.8 Å². The molecule has 3 fully saturated rings. The lowest BCUT2D eigenvalue weighted by molar-refractivity contribution is 0.0640. The first-order valence-corrected chi connectivity index (χ1v) is 12.1. The molecule has 3 aliphatic heterocycles. The number of ether oxygens (including phenoxy) is 1. The van der Waals surface area contributed by atoms with Crippen LogP contribution in [0.5, 0.6) is 5.75 Å². The van der Waals surface area contributed by atoms with E-state index in [9.17, 15) is 4.79 Å². The average Bonchev–Trinajstić information content (AvgIpc) is 3.56. The molecule has 0 bridgehead atoms. The summed E-state index contributed by atoms with van der Waals surface area (Å²) in [6.45, 7) is 6.40. The zero-order valence-electron chi connectivity index (χ0n) is 19.6. The summed E-state index contributed by atoms with van der Waals surface area (Å²) in [7, 11) is 1.63. The van der Waals surface area contributed by atoms with Crippen molar-refractivity contribution in [3.05, 3.63) is 47.3 Å². The highest BCUT2D eigenvalue weighted by Gasteiger charge is 2.39. The van der Waals surface area contributed by atoms with Crippen molar-refractivity contribution < 1.29 is 9.53 Å². The van der Waals surface area contributed by atoms with Gasteiger partial charge in [-0.15, -0.1) is 0 Å². The van der Waals surface area contributed by atoms with Gasteiger partial charge < -0.3 is 14.5 Å². The van der Waals surface area contributed by atoms with Crippen LogP contribution in [0.25, 0.3) is 0 Å². The second kappa shape index (κ2) is 9.65. The van der Waals surface area contributed by atoms with E-state index < -0.39 is 0 Å². The summed E-state index contributed by atoms with van der Waals surface area (Å²) in [6, 6.07) is 8.05. The molecular formula is C25H34N6O2. The summed E-state index contributed by atoms with van der Waals surface area (Å²) in [5, 5.41) is 0. The first-order chi connectivity index (χ1) is 16.2. The third-order valence-corrected chi connectivity index (χ3v) is 7.36. The molecule has 0 spiro atoms. The minimum absolute atomic E-state index is 0.0566. The Kier molecular flexibility index (Phi) is 6.46. The topological polar surface area (TPSA) is 82.6 Å². The lowest BCUT2D eigenvalue weighted by Crippen LogP contribution is -2.48. The highest BCUT2D eigenvalue weighted by Crippen LogP contribution is 2.33. The molecule has 0 saturated carbocycles. The summed E-state index contributed by atoms with van der Waals surface area (Å²) in [5.41, 5.74) is 9.58. The number of nitrogens with one attached hydrogen (secondary N) is 2. The second-order valence-corrected chi connectivity index (χ2v) is 9.44. The number of piperidine rings is 1. The largest absolute Gasteiger partial charge is 0.496 e. The molecular weight excluding hydrogens is 416 g/mol. The number of anilines is 1. The first-order valence-electron chi connectivity index (χ1n) is 12.1. The number of hydrazine groups is 1. The van der Waals surface area contributed by atoms with Crippen LogP contribution < -0.4 is 20.5 Å². The number of rotatable bonds is 5. The van der Waals surface area contributed by atoms with Gasteiger partial charge in [0.25, 0.3) is 5.91 Å². The van der Waals surface area contributed by atoms with Crippen molar-refractivity contribution in [2.75, 3.05) is 44.7 Å². The molecule has 4 heterocycles. The van der Waals surface area contributed by atoms with Gasteiger partial charge in [0.2, 0.25) is 5.95 Å². The predicted octanol–water partition coefficient (Wildman–Crippen LogP) is 2.51. The van der Waals surface area contributed by atoms with Crippen LogP contribution in [0.15, 0.2) is 30.5 Å². The van der Waals surface area contributed by atoms with Gasteiger partial charge in [0.1, 0.15) is 5.75 Å². The van der Waals surface area contributed by atoms with Gasteiger partial charge in [-0.2, -0.15) is 0 Å². The van der Waals surface area contributed by atoms with E-state index in [2.05, 4.69) is 26.8 Å². The number of benzene rings is 1. The molecule has 2 aromatic rings. The normalized spacial score (nSPS) is 25.5. The number of amides is 1. The molecule has 0 radical (unpaired) electrons. The Morgan fingerprint density at radius 1 is 1.15 bits per heavy atom. The number of carbonyl (C=O) groups excluding carboxylic acids is 1. The Morgan fingerprint density at radius 3 is 2.82 bits per heavy atom. The first kappa shape index (κ1) is 22.1. The SMILES string of the molecule is COc1c(C)cccc1C(=O)N1CCCC(C2NNCC2c2ccnc(N3CCCC3)n2)C1. The van der Waals surface area contributed by atoms with E-state index in [1.54, 1.807) is 7.11 Å². The van der Waals surface area contributed by atoms with Crippen LogP contribution >= 0.6 is 0 Å². The van der Waals surface area contributed by atoms with E-state index in [-0.39, 0.29) is 17.9 Å². The van der Waals surface area contributed by atoms with Gasteiger partial charge in [0, 0.05) is 50.9 Å². The number of hydrogen-bond acceptors (Lipinski definition) is 7. The molecule has 2 N–H and O–H groups in total. The van der Waals surface area contributed by atoms with Crippen molar-refractivity contribution in [1.29, 1.82) is 0 Å². The standard InChI is InChI=1S/C25H34N6O2/c1-17-7-5-9-19(23(17)33-2)24(32)31-14-6-8-18(16-31)22-20(15-27-29-22)21-10-11-26-25(28-21)30-12-3-4-13-30/h5,7,9-11,18,20,22,27,29H,3-4,6,8,12-16H2,1-2H3. The molecule has 0 aliphatic carbocycles. The fraction of sp³-hybridized carbons (Fsp3) is 0.560. The van der Waals surface area contributed by atoms with Crippen LogP contribution in [0.4, 0.5) is 5.95 Å². The summed E-state index contributed by atoms with van der Waals surface area (Å²) in [4.78, 5) is 27.2. The monoisotopic (exact) mass is 450 g/mol. The molecule has 1 aromatic carbocycles. The molecule has 3 saturated heterocycles. The summed E-state index contributed by atoms with van der Waals surface area (Å²) in [6.07, 6.45) is 6.40. The van der Waals surface area contributed by atoms with Crippen molar-refractivity contribution in [2.45, 2.75) is 44.6 Å². The van der Waals surface area contributed by atoms with Crippen LogP contribution in [0.3, 0.4) is 0 Å². The van der Waals surface area contributed by atoms with Crippen LogP contribution in [0.1, 0.15) is 53.2 Å². The van der Waals surface area contributed by atoms with Crippen LogP contribution in [-0.2, 0) is 0 Å².